The molecular weight excluding hydrogens is 446 g/mol. The number of nitrogens with one attached hydrogen (secondary N) is 1. The predicted molar refractivity (Wildman–Crippen MR) is 95.9 cm³/mol. The van der Waals surface area contributed by atoms with Crippen molar-refractivity contribution in [1.82, 2.24) is 9.97 Å². The zero-order chi connectivity index (χ0) is 17.3. The fraction of sp³-hybridized carbons (Fsp3) is 0.0667. The number of methoxy groups -OCH3 is 1. The molecule has 6 nitrogen and oxygen atoms in total. The van der Waals surface area contributed by atoms with E-state index in [-0.39, 0.29) is 22.8 Å². The van der Waals surface area contributed by atoms with Gasteiger partial charge in [-0.05, 0) is 40.8 Å². The molecule has 0 amide bonds. The third kappa shape index (κ3) is 2.90. The largest absolute Gasteiger partial charge is 0.465 e. The molecule has 9 heteroatoms. The number of aromatic nitrogens is 2. The number of hydrogen-bond donors (Lipinski definition) is 1. The lowest BCUT2D eigenvalue weighted by molar-refractivity contribution is 0.0604. The summed E-state index contributed by atoms with van der Waals surface area (Å²) in [7, 11) is 1.24. The van der Waals surface area contributed by atoms with Gasteiger partial charge in [0.2, 0.25) is 0 Å². The molecule has 0 radical (unpaired) electrons. The van der Waals surface area contributed by atoms with Gasteiger partial charge in [0.05, 0.1) is 23.0 Å². The normalized spacial score (nSPS) is 10.4. The molecule has 0 bridgehead atoms. The second-order valence-electron chi connectivity index (χ2n) is 4.57. The van der Waals surface area contributed by atoms with Crippen LogP contribution in [0.25, 0.3) is 10.2 Å². The van der Waals surface area contributed by atoms with Crippen LogP contribution in [0.15, 0.2) is 23.7 Å². The molecule has 0 saturated heterocycles. The van der Waals surface area contributed by atoms with Gasteiger partial charge in [0, 0.05) is 3.57 Å². The van der Waals surface area contributed by atoms with Gasteiger partial charge >= 0.3 is 5.97 Å². The Hall–Kier alpha value is -2.32. The van der Waals surface area contributed by atoms with Crippen LogP contribution in [-0.2, 0) is 4.74 Å². The first-order chi connectivity index (χ1) is 11.5. The van der Waals surface area contributed by atoms with Gasteiger partial charge in [0.25, 0.3) is 0 Å². The van der Waals surface area contributed by atoms with Crippen LogP contribution in [0.1, 0.15) is 16.1 Å². The summed E-state index contributed by atoms with van der Waals surface area (Å²) in [5, 5.41) is 12.0. The maximum atomic E-state index is 14.1. The van der Waals surface area contributed by atoms with Crippen molar-refractivity contribution in [2.45, 2.75) is 0 Å². The van der Waals surface area contributed by atoms with Crippen LogP contribution in [0.5, 0.6) is 0 Å². The summed E-state index contributed by atoms with van der Waals surface area (Å²) in [6.07, 6.45) is 0. The van der Waals surface area contributed by atoms with Crippen LogP contribution in [0, 0.1) is 20.7 Å². The highest BCUT2D eigenvalue weighted by Crippen LogP contribution is 2.32. The maximum absolute atomic E-state index is 14.1. The predicted octanol–water partition coefficient (Wildman–Crippen LogP) is 3.84. The Labute approximate surface area is 153 Å². The van der Waals surface area contributed by atoms with E-state index in [1.807, 2.05) is 28.7 Å². The van der Waals surface area contributed by atoms with Crippen LogP contribution < -0.4 is 5.32 Å². The molecule has 0 aliphatic heterocycles. The van der Waals surface area contributed by atoms with E-state index < -0.39 is 11.8 Å². The highest BCUT2D eigenvalue weighted by atomic mass is 127. The molecule has 24 heavy (non-hydrogen) atoms. The number of esters is 1. The third-order valence-electron chi connectivity index (χ3n) is 3.16. The number of thiazole rings is 1. The summed E-state index contributed by atoms with van der Waals surface area (Å²) in [6.45, 7) is 0. The Balaban J connectivity index is 2.22. The van der Waals surface area contributed by atoms with Gasteiger partial charge in [-0.2, -0.15) is 5.26 Å². The van der Waals surface area contributed by atoms with E-state index in [1.54, 1.807) is 6.07 Å². The lowest BCUT2D eigenvalue weighted by Gasteiger charge is -2.12. The molecule has 3 rings (SSSR count). The van der Waals surface area contributed by atoms with Crippen molar-refractivity contribution in [3.8, 4) is 6.07 Å². The van der Waals surface area contributed by atoms with Crippen LogP contribution in [0.3, 0.4) is 0 Å². The molecule has 120 valence electrons. The molecule has 2 heterocycles. The Bertz CT molecular complexity index is 999. The van der Waals surface area contributed by atoms with Crippen molar-refractivity contribution in [1.29, 1.82) is 5.26 Å². The van der Waals surface area contributed by atoms with E-state index in [0.717, 1.165) is 3.57 Å². The fourth-order valence-corrected chi connectivity index (χ4v) is 3.37. The number of benzene rings is 1. The number of fused-ring (bicyclic) bond motifs is 1. The lowest BCUT2D eigenvalue weighted by Crippen LogP contribution is -2.09. The van der Waals surface area contributed by atoms with Gasteiger partial charge in [-0.15, -0.1) is 11.3 Å². The average Bonchev–Trinajstić information content (AvgIpc) is 3.05. The Morgan fingerprint density at radius 1 is 1.50 bits per heavy atom. The standard InChI is InChI=1S/C15H8FIN4O2S/c1-23-15(22)11-13-12(19-6-24-13)10(5-18)21-14(11)20-9-3-2-7(17)4-8(9)16/h2-4,6H,1H3,(H,20,21). The quantitative estimate of drug-likeness (QED) is 0.478. The number of nitriles is 1. The highest BCUT2D eigenvalue weighted by molar-refractivity contribution is 14.1. The van der Waals surface area contributed by atoms with Crippen LogP contribution in [0.2, 0.25) is 0 Å². The van der Waals surface area contributed by atoms with Crippen molar-refractivity contribution in [3.05, 3.63) is 44.4 Å². The molecule has 0 spiro atoms. The minimum atomic E-state index is -0.644. The van der Waals surface area contributed by atoms with Crippen LogP contribution in [-0.4, -0.2) is 23.0 Å². The SMILES string of the molecule is COC(=O)c1c(Nc2ccc(I)cc2F)nc(C#N)c2ncsc12. The summed E-state index contributed by atoms with van der Waals surface area (Å²) in [4.78, 5) is 20.4. The van der Waals surface area contributed by atoms with Crippen molar-refractivity contribution in [2.24, 2.45) is 0 Å². The van der Waals surface area contributed by atoms with E-state index in [0.29, 0.717) is 10.2 Å². The summed E-state index contributed by atoms with van der Waals surface area (Å²) < 4.78 is 20.1. The lowest BCUT2D eigenvalue weighted by atomic mass is 10.2. The molecular formula is C15H8FIN4O2S. The number of halogens is 2. The number of nitrogens with zero attached hydrogens (tertiary/aromatic N) is 3. The summed E-state index contributed by atoms with van der Waals surface area (Å²) in [6, 6.07) is 6.52. The first-order valence-corrected chi connectivity index (χ1v) is 8.48. The number of anilines is 2. The molecule has 0 fully saturated rings. The Morgan fingerprint density at radius 3 is 2.96 bits per heavy atom. The van der Waals surface area contributed by atoms with Crippen LogP contribution >= 0.6 is 33.9 Å². The van der Waals surface area contributed by atoms with E-state index >= 15 is 0 Å². The molecule has 0 unspecified atom stereocenters. The molecule has 3 aromatic rings. The highest BCUT2D eigenvalue weighted by Gasteiger charge is 2.23. The maximum Gasteiger partial charge on any atom is 0.343 e. The van der Waals surface area contributed by atoms with Gasteiger partial charge in [-0.25, -0.2) is 19.2 Å². The van der Waals surface area contributed by atoms with Gasteiger partial charge in [0.15, 0.2) is 5.69 Å². The second-order valence-corrected chi connectivity index (χ2v) is 6.67. The van der Waals surface area contributed by atoms with Crippen molar-refractivity contribution in [3.63, 3.8) is 0 Å². The second kappa shape index (κ2) is 6.66. The van der Waals surface area contributed by atoms with Gasteiger partial charge < -0.3 is 10.1 Å². The van der Waals surface area contributed by atoms with Crippen molar-refractivity contribution in [2.75, 3.05) is 12.4 Å². The van der Waals surface area contributed by atoms with E-state index in [2.05, 4.69) is 15.3 Å². The zero-order valence-electron chi connectivity index (χ0n) is 12.1. The molecule has 1 N–H and O–H groups in total. The van der Waals surface area contributed by atoms with Crippen LogP contribution in [0.4, 0.5) is 15.9 Å². The molecule has 1 aromatic carbocycles. The first kappa shape index (κ1) is 16.5. The van der Waals surface area contributed by atoms with Crippen molar-refractivity contribution >= 4 is 61.6 Å². The molecule has 0 aliphatic rings. The van der Waals surface area contributed by atoms with E-state index in [1.165, 1.54) is 36.1 Å². The number of rotatable bonds is 3. The average molecular weight is 454 g/mol. The number of ether oxygens (including phenoxy) is 1. The van der Waals surface area contributed by atoms with E-state index in [9.17, 15) is 14.4 Å². The Kier molecular flexibility index (Phi) is 4.59. The Morgan fingerprint density at radius 2 is 2.29 bits per heavy atom. The molecule has 0 atom stereocenters. The topological polar surface area (TPSA) is 87.9 Å². The van der Waals surface area contributed by atoms with Gasteiger partial charge in [-0.1, -0.05) is 0 Å². The summed E-state index contributed by atoms with van der Waals surface area (Å²) in [5.41, 5.74) is 2.13. The smallest absolute Gasteiger partial charge is 0.343 e. The fourth-order valence-electron chi connectivity index (χ4n) is 2.10. The monoisotopic (exact) mass is 454 g/mol. The number of carbonyl (C=O) groups excluding carboxylic acids is 1. The molecule has 0 aliphatic carbocycles. The minimum absolute atomic E-state index is 0.0484. The first-order valence-electron chi connectivity index (χ1n) is 6.52. The molecule has 2 aromatic heterocycles. The minimum Gasteiger partial charge on any atom is -0.465 e. The third-order valence-corrected chi connectivity index (χ3v) is 4.67. The molecule has 0 saturated carbocycles. The number of pyridine rings is 1. The summed E-state index contributed by atoms with van der Waals surface area (Å²) >= 11 is 3.17. The van der Waals surface area contributed by atoms with Gasteiger partial charge in [-0.3, -0.25) is 0 Å². The summed E-state index contributed by atoms with van der Waals surface area (Å²) in [5.74, 6) is -1.09. The zero-order valence-corrected chi connectivity index (χ0v) is 15.1. The van der Waals surface area contributed by atoms with Crippen molar-refractivity contribution < 1.29 is 13.9 Å². The number of carbonyl (C=O) groups is 1. The van der Waals surface area contributed by atoms with Gasteiger partial charge in [0.1, 0.15) is 28.8 Å². The van der Waals surface area contributed by atoms with E-state index in [4.69, 9.17) is 4.74 Å². The number of hydrogen-bond acceptors (Lipinski definition) is 7.